The maximum Gasteiger partial charge on any atom is 0.235 e. The number of benzene rings is 1. The normalized spacial score (nSPS) is 35.8. The van der Waals surface area contributed by atoms with E-state index in [0.717, 1.165) is 18.4 Å². The van der Waals surface area contributed by atoms with Crippen LogP contribution in [0.25, 0.3) is 0 Å². The van der Waals surface area contributed by atoms with E-state index in [9.17, 15) is 34.2 Å². The number of hydrogen-bond acceptors (Lipinski definition) is 8. The Balaban J connectivity index is 1.65. The fourth-order valence-electron chi connectivity index (χ4n) is 6.41. The molecule has 0 aliphatic heterocycles. The number of carbonyl (C=O) groups is 5. The van der Waals surface area contributed by atoms with E-state index in [2.05, 4.69) is 0 Å². The molecule has 1 amide bonds. The average Bonchev–Trinajstić information content (AvgIpc) is 3.55. The largest absolute Gasteiger partial charge is 0.507 e. The Morgan fingerprint density at radius 1 is 1.12 bits per heavy atom. The third-order valence-corrected chi connectivity index (χ3v) is 8.00. The summed E-state index contributed by atoms with van der Waals surface area (Å²) in [4.78, 5) is 66.9. The number of hydrogen-bond donors (Lipinski definition) is 3. The average molecular weight is 454 g/mol. The van der Waals surface area contributed by atoms with Crippen LogP contribution < -0.4 is 5.73 Å². The number of nitrogens with two attached hydrogens (primary N) is 1. The van der Waals surface area contributed by atoms with Crippen LogP contribution in [0, 0.1) is 23.7 Å². The molecule has 33 heavy (non-hydrogen) atoms. The monoisotopic (exact) mass is 454 g/mol. The molecule has 4 aliphatic rings. The van der Waals surface area contributed by atoms with Crippen LogP contribution in [0.5, 0.6) is 5.75 Å². The minimum Gasteiger partial charge on any atom is -0.507 e. The predicted octanol–water partition coefficient (Wildman–Crippen LogP) is -0.256. The lowest BCUT2D eigenvalue weighted by Gasteiger charge is -2.52. The quantitative estimate of drug-likeness (QED) is 0.528. The number of rotatable bonds is 3. The topological polar surface area (TPSA) is 155 Å². The number of amides is 1. The molecule has 3 fully saturated rings. The third-order valence-electron chi connectivity index (χ3n) is 8.00. The van der Waals surface area contributed by atoms with Crippen LogP contribution in [0.15, 0.2) is 12.1 Å². The fourth-order valence-corrected chi connectivity index (χ4v) is 6.41. The summed E-state index contributed by atoms with van der Waals surface area (Å²) in [5, 5.41) is 22.0. The van der Waals surface area contributed by atoms with Crippen molar-refractivity contribution in [3.8, 4) is 5.75 Å². The molecule has 0 aromatic heterocycles. The van der Waals surface area contributed by atoms with Crippen LogP contribution >= 0.6 is 0 Å². The van der Waals surface area contributed by atoms with E-state index < -0.39 is 64.4 Å². The first-order valence-corrected chi connectivity index (χ1v) is 11.2. The van der Waals surface area contributed by atoms with Crippen LogP contribution in [0.3, 0.4) is 0 Å². The molecule has 4 aliphatic carbocycles. The molecule has 0 heterocycles. The van der Waals surface area contributed by atoms with Crippen molar-refractivity contribution in [2.75, 3.05) is 14.1 Å². The van der Waals surface area contributed by atoms with Gasteiger partial charge in [-0.3, -0.25) is 28.9 Å². The van der Waals surface area contributed by atoms with Gasteiger partial charge in [-0.15, -0.1) is 0 Å². The highest BCUT2D eigenvalue weighted by Gasteiger charge is 2.69. The van der Waals surface area contributed by atoms with E-state index >= 15 is 0 Å². The number of carbonyl (C=O) groups excluding carboxylic acids is 5. The van der Waals surface area contributed by atoms with Crippen LogP contribution in [-0.4, -0.2) is 69.9 Å². The maximum atomic E-state index is 13.7. The molecule has 1 aromatic rings. The van der Waals surface area contributed by atoms with Crippen LogP contribution in [-0.2, 0) is 25.6 Å². The first-order valence-electron chi connectivity index (χ1n) is 11.2. The Kier molecular flexibility index (Phi) is 4.68. The van der Waals surface area contributed by atoms with Gasteiger partial charge in [0.1, 0.15) is 5.75 Å². The number of phenolic OH excluding ortho intramolecular Hbond substituents is 1. The first-order chi connectivity index (χ1) is 15.5. The standard InChI is InChI=1S/C24H26N2O7/c1-26(2)18-13-8-10-7-12-11(9-3-4-9)5-6-14(27)16(12)19(28)15(10)21(30)24(13,33)22(31)17(20(18)29)23(25)32/h5-6,9-10,13,15,17-18,27,33H,3-4,7-8H2,1-2H3,(H2,25,32)/t10-,13-,15?,17?,18-,24-/m0/s1. The number of phenols is 1. The fraction of sp³-hybridized carbons (Fsp3) is 0.542. The molecule has 174 valence electrons. The van der Waals surface area contributed by atoms with Crippen molar-refractivity contribution in [3.63, 3.8) is 0 Å². The van der Waals surface area contributed by atoms with Gasteiger partial charge in [-0.2, -0.15) is 0 Å². The summed E-state index contributed by atoms with van der Waals surface area (Å²) in [6, 6.07) is 2.18. The van der Waals surface area contributed by atoms with Gasteiger partial charge in [0.2, 0.25) is 5.91 Å². The first kappa shape index (κ1) is 21.9. The summed E-state index contributed by atoms with van der Waals surface area (Å²) in [5.74, 6) is -9.71. The summed E-state index contributed by atoms with van der Waals surface area (Å²) in [6.07, 6.45) is 2.37. The number of aliphatic hydroxyl groups is 1. The lowest BCUT2D eigenvalue weighted by Crippen LogP contribution is -2.74. The number of primary amides is 1. The van der Waals surface area contributed by atoms with Gasteiger partial charge in [-0.05, 0) is 68.8 Å². The summed E-state index contributed by atoms with van der Waals surface area (Å²) in [6.45, 7) is 0. The van der Waals surface area contributed by atoms with Crippen molar-refractivity contribution in [1.29, 1.82) is 0 Å². The number of aromatic hydroxyl groups is 1. The zero-order valence-electron chi connectivity index (χ0n) is 18.4. The second-order valence-corrected chi connectivity index (χ2v) is 10.1. The summed E-state index contributed by atoms with van der Waals surface area (Å²) >= 11 is 0. The smallest absolute Gasteiger partial charge is 0.235 e. The molecular formula is C24H26N2O7. The molecular weight excluding hydrogens is 428 g/mol. The van der Waals surface area contributed by atoms with Gasteiger partial charge < -0.3 is 15.9 Å². The van der Waals surface area contributed by atoms with Gasteiger partial charge in [0, 0.05) is 5.92 Å². The van der Waals surface area contributed by atoms with Crippen molar-refractivity contribution >= 4 is 29.0 Å². The van der Waals surface area contributed by atoms with Crippen LogP contribution in [0.1, 0.15) is 46.7 Å². The van der Waals surface area contributed by atoms with Crippen LogP contribution in [0.2, 0.25) is 0 Å². The molecule has 0 bridgehead atoms. The van der Waals surface area contributed by atoms with Crippen molar-refractivity contribution in [2.45, 2.75) is 43.2 Å². The Bertz CT molecular complexity index is 1140. The Labute approximate surface area is 189 Å². The van der Waals surface area contributed by atoms with Gasteiger partial charge in [-0.1, -0.05) is 6.07 Å². The van der Waals surface area contributed by atoms with Gasteiger partial charge in [0.15, 0.2) is 34.7 Å². The number of nitrogens with zero attached hydrogens (tertiary/aromatic N) is 1. The van der Waals surface area contributed by atoms with E-state index in [0.29, 0.717) is 17.9 Å². The molecule has 2 unspecified atom stereocenters. The molecule has 4 N–H and O–H groups in total. The van der Waals surface area contributed by atoms with Gasteiger partial charge in [0.25, 0.3) is 0 Å². The molecule has 5 rings (SSSR count). The number of Topliss-reactive ketones (excluding diaryl/α,β-unsaturated/α-hetero) is 4. The summed E-state index contributed by atoms with van der Waals surface area (Å²) in [7, 11) is 3.13. The second kappa shape index (κ2) is 7.04. The zero-order chi connectivity index (χ0) is 24.0. The molecule has 6 atom stereocenters. The third kappa shape index (κ3) is 2.81. The number of ketones is 4. The highest BCUT2D eigenvalue weighted by atomic mass is 16.3. The zero-order valence-corrected chi connectivity index (χ0v) is 18.4. The molecule has 3 saturated carbocycles. The van der Waals surface area contributed by atoms with E-state index in [1.807, 2.05) is 6.07 Å². The summed E-state index contributed by atoms with van der Waals surface area (Å²) in [5.41, 5.74) is 4.40. The van der Waals surface area contributed by atoms with Crippen molar-refractivity contribution in [2.24, 2.45) is 29.4 Å². The van der Waals surface area contributed by atoms with Crippen molar-refractivity contribution < 1.29 is 34.2 Å². The van der Waals surface area contributed by atoms with E-state index in [1.165, 1.54) is 11.0 Å². The van der Waals surface area contributed by atoms with Crippen molar-refractivity contribution in [1.82, 2.24) is 4.90 Å². The number of fused-ring (bicyclic) bond motifs is 3. The Morgan fingerprint density at radius 3 is 2.36 bits per heavy atom. The number of likely N-dealkylation sites (N-methyl/N-ethyl adjacent to an activating group) is 1. The summed E-state index contributed by atoms with van der Waals surface area (Å²) < 4.78 is 0. The molecule has 0 spiro atoms. The lowest BCUT2D eigenvalue weighted by molar-refractivity contribution is -0.181. The maximum absolute atomic E-state index is 13.7. The van der Waals surface area contributed by atoms with E-state index in [4.69, 9.17) is 5.73 Å². The van der Waals surface area contributed by atoms with E-state index in [1.54, 1.807) is 14.1 Å². The van der Waals surface area contributed by atoms with Crippen LogP contribution in [0.4, 0.5) is 0 Å². The molecule has 9 nitrogen and oxygen atoms in total. The molecule has 1 aromatic carbocycles. The Hall–Kier alpha value is -2.91. The van der Waals surface area contributed by atoms with Gasteiger partial charge in [0.05, 0.1) is 17.5 Å². The Morgan fingerprint density at radius 2 is 1.79 bits per heavy atom. The van der Waals surface area contributed by atoms with E-state index in [-0.39, 0.29) is 17.7 Å². The lowest BCUT2D eigenvalue weighted by atomic mass is 9.52. The predicted molar refractivity (Wildman–Crippen MR) is 113 cm³/mol. The van der Waals surface area contributed by atoms with Gasteiger partial charge >= 0.3 is 0 Å². The molecule has 0 radical (unpaired) electrons. The highest BCUT2D eigenvalue weighted by Crippen LogP contribution is 2.53. The minimum atomic E-state index is -2.68. The highest BCUT2D eigenvalue weighted by molar-refractivity contribution is 6.32. The molecule has 0 saturated heterocycles. The van der Waals surface area contributed by atoms with Crippen molar-refractivity contribution in [3.05, 3.63) is 28.8 Å². The van der Waals surface area contributed by atoms with Gasteiger partial charge in [-0.25, -0.2) is 0 Å². The second-order valence-electron chi connectivity index (χ2n) is 10.1. The SMILES string of the molecule is CN(C)[C@@H]1C(=O)C(C(N)=O)C(=O)[C@@]2(O)C(=O)C3C(=O)c4c(O)ccc(C5CC5)c4C[C@H]3C[C@@H]12. The minimum absolute atomic E-state index is 0.0731. The molecule has 9 heteroatoms.